The summed E-state index contributed by atoms with van der Waals surface area (Å²) in [5.41, 5.74) is 29.9. The summed E-state index contributed by atoms with van der Waals surface area (Å²) in [5.74, 6) is 11.2. The third kappa shape index (κ3) is 17.0. The number of aromatic amines is 5. The van der Waals surface area contributed by atoms with Crippen LogP contribution in [0.15, 0.2) is 223 Å². The van der Waals surface area contributed by atoms with Crippen molar-refractivity contribution in [3.8, 4) is 0 Å². The van der Waals surface area contributed by atoms with Gasteiger partial charge in [-0.1, -0.05) is 91.0 Å². The molecule has 464 valence electrons. The van der Waals surface area contributed by atoms with Gasteiger partial charge in [-0.25, -0.2) is 10.6 Å². The fourth-order valence-corrected chi connectivity index (χ4v) is 10.1. The number of nitrogens with two attached hydrogens (primary N) is 4. The molecule has 15 aromatic rings. The van der Waals surface area contributed by atoms with E-state index >= 15 is 0 Å². The van der Waals surface area contributed by atoms with Crippen molar-refractivity contribution in [1.29, 1.82) is 0 Å². The topological polar surface area (TPSA) is 443 Å². The van der Waals surface area contributed by atoms with Crippen molar-refractivity contribution in [2.75, 3.05) is 12.3 Å². The number of hydrogen-bond donors (Lipinski definition) is 11. The van der Waals surface area contributed by atoms with Gasteiger partial charge >= 0.3 is 37.0 Å². The summed E-state index contributed by atoms with van der Waals surface area (Å²) in [4.78, 5) is 81.5. The standard InChI is InChI=1S/C15H13NO2.C13H8N4O.C13H11N3O.C13H9NO.C12H10N2.C2H4O2.H4N2.HNO2.Na.H2O/c1-2-18-15(17)10-7-8-14-12(9-10)11-5-3-4-6-13(11)16-14;14-17-16-13(18)8-5-6-12-10(7-8)9-3-1-2-4-11(9)15-12;14-16-13(17)8-5-6-12-10(7-8)9-3-1-2-4-11(9)15-12;15-8-9-5-6-13-11(7-9)10-3-1-2-4-12(10)14-13;13-8-5-6-12-10(7-8)9-3-1-2-4-11(9)14-12;1-2(3)4;1-2;2-1-3;;/h3-9,16H,2H2,1H3;1-7,15H;1-7,15H,14H2,(H,16,17);1-8,14H;1-7,14H,13H2;1H3,(H,3,4);1-2H2;(H,2,3);;1H2/q;;;;;;;;+1;. The number of azide groups is 1. The molecule has 24 nitrogen and oxygen atoms in total. The number of carboxylic acid groups (broad SMARTS) is 1. The Kier molecular flexibility index (Phi) is 25.6. The van der Waals surface area contributed by atoms with Crippen LogP contribution in [-0.2, 0) is 9.53 Å². The van der Waals surface area contributed by atoms with Crippen LogP contribution in [0, 0.1) is 10.1 Å². The van der Waals surface area contributed by atoms with Crippen LogP contribution in [0.1, 0.15) is 56.7 Å². The van der Waals surface area contributed by atoms with Gasteiger partial charge in [0.2, 0.25) is 5.91 Å². The minimum atomic E-state index is -0.833. The first-order valence-corrected chi connectivity index (χ1v) is 27.7. The second kappa shape index (κ2) is 33.8. The molecule has 0 unspecified atom stereocenters. The van der Waals surface area contributed by atoms with E-state index in [2.05, 4.69) is 70.3 Å². The number of aldehydes is 1. The van der Waals surface area contributed by atoms with E-state index in [4.69, 9.17) is 41.9 Å². The first-order chi connectivity index (χ1) is 44.2. The van der Waals surface area contributed by atoms with Crippen molar-refractivity contribution in [1.82, 2.24) is 30.3 Å². The summed E-state index contributed by atoms with van der Waals surface area (Å²) in [6.07, 6.45) is 0.876. The second-order valence-corrected chi connectivity index (χ2v) is 19.6. The summed E-state index contributed by atoms with van der Waals surface area (Å²) in [6.45, 7) is 3.28. The molecule has 0 aliphatic heterocycles. The Balaban J connectivity index is 0.000000205. The zero-order chi connectivity index (χ0) is 65.0. The number of rotatable bonds is 5. The van der Waals surface area contributed by atoms with Crippen LogP contribution in [0.3, 0.4) is 0 Å². The van der Waals surface area contributed by atoms with Gasteiger partial charge in [0.25, 0.3) is 11.9 Å². The van der Waals surface area contributed by atoms with Gasteiger partial charge in [-0.3, -0.25) is 36.3 Å². The first-order valence-electron chi connectivity index (χ1n) is 27.7. The van der Waals surface area contributed by atoms with Gasteiger partial charge in [0.15, 0.2) is 0 Å². The number of H-pyrrole nitrogens is 5. The molecule has 5 heterocycles. The molecule has 0 aliphatic rings. The number of aromatic nitrogens is 5. The molecule has 15 rings (SSSR count). The predicted octanol–water partition coefficient (Wildman–Crippen LogP) is 10.7. The Morgan fingerprint density at radius 1 is 0.538 bits per heavy atom. The average Bonchev–Trinajstić information content (AvgIpc) is 1.68. The number of benzene rings is 10. The minimum Gasteiger partial charge on any atom is -0.481 e. The predicted molar refractivity (Wildman–Crippen MR) is 365 cm³/mol. The van der Waals surface area contributed by atoms with Crippen molar-refractivity contribution in [3.63, 3.8) is 0 Å². The first kappa shape index (κ1) is 70.4. The van der Waals surface area contributed by atoms with Crippen LogP contribution in [0.4, 0.5) is 5.69 Å². The van der Waals surface area contributed by atoms with E-state index < -0.39 is 11.9 Å². The summed E-state index contributed by atoms with van der Waals surface area (Å²) >= 11 is 0. The maximum absolute atomic E-state index is 11.7. The largest absolute Gasteiger partial charge is 1.00 e. The van der Waals surface area contributed by atoms with Gasteiger partial charge in [-0.2, -0.15) is 0 Å². The van der Waals surface area contributed by atoms with E-state index in [9.17, 15) is 19.2 Å². The number of carbonyl (C=O) groups is 5. The number of carbonyl (C=O) groups excluding carboxylic acids is 4. The molecule has 0 saturated carbocycles. The van der Waals surface area contributed by atoms with Crippen molar-refractivity contribution in [2.24, 2.45) is 28.0 Å². The molecular weight excluding hydrogens is 1200 g/mol. The summed E-state index contributed by atoms with van der Waals surface area (Å²) in [6, 6.07) is 68.1. The molecule has 2 amide bonds. The number of nitrogen functional groups attached to an aromatic ring is 2. The summed E-state index contributed by atoms with van der Waals surface area (Å²) in [7, 11) is 0. The molecule has 0 fully saturated rings. The number of ether oxygens (including phenoxy) is 1. The Morgan fingerprint density at radius 3 is 1.20 bits per heavy atom. The number of nitrogens with zero attached hydrogens (tertiary/aromatic N) is 4. The zero-order valence-corrected chi connectivity index (χ0v) is 52.3. The van der Waals surface area contributed by atoms with Crippen molar-refractivity contribution in [3.05, 3.63) is 255 Å². The van der Waals surface area contributed by atoms with Crippen molar-refractivity contribution < 1.29 is 70.3 Å². The number of esters is 1. The van der Waals surface area contributed by atoms with Crippen LogP contribution >= 0.6 is 0 Å². The van der Waals surface area contributed by atoms with Crippen LogP contribution in [0.25, 0.3) is 119 Å². The van der Waals surface area contributed by atoms with E-state index in [-0.39, 0.29) is 48.3 Å². The second-order valence-electron chi connectivity index (χ2n) is 19.6. The van der Waals surface area contributed by atoms with E-state index in [1.54, 1.807) is 24.3 Å². The SMILES string of the molecule is CC(=O)O.CCOC(=O)c1ccc2[nH]c3ccccc3c2c1.NN.NNC(=O)c1ccc2[nH]c3ccccc3c2c1.Nc1ccc2[nH]c3ccccc3c2c1.O.O=Cc1ccc2[nH]c3ccccc3c2c1.O=N[O-].[H+].[N-]=[N+]=NC(=O)c1ccc2[nH]c3ccccc3c2c1.[Na+]. The van der Waals surface area contributed by atoms with E-state index in [0.717, 1.165) is 122 Å². The Bertz CT molecular complexity index is 5170. The van der Waals surface area contributed by atoms with Gasteiger partial charge in [0, 0.05) is 143 Å². The smallest absolute Gasteiger partial charge is 0.481 e. The molecule has 0 aliphatic carbocycles. The molecule has 0 atom stereocenters. The number of fused-ring (bicyclic) bond motifs is 15. The normalized spacial score (nSPS) is 10.0. The number of para-hydroxylation sites is 5. The molecule has 0 radical (unpaired) electrons. The van der Waals surface area contributed by atoms with Crippen molar-refractivity contribution >= 4 is 145 Å². The third-order valence-corrected chi connectivity index (χ3v) is 14.0. The van der Waals surface area contributed by atoms with E-state index in [0.29, 0.717) is 28.9 Å². The molecule has 0 bridgehead atoms. The molecule has 5 aromatic heterocycles. The molecule has 25 heteroatoms. The number of hydrogen-bond acceptors (Lipinski definition) is 13. The number of aliphatic carboxylic acids is 1. The maximum Gasteiger partial charge on any atom is 1.00 e. The molecular formula is C68H62N14NaO10+. The Hall–Kier alpha value is -11.7. The third-order valence-electron chi connectivity index (χ3n) is 14.0. The van der Waals surface area contributed by atoms with Gasteiger partial charge in [-0.05, 0) is 139 Å². The molecule has 0 saturated heterocycles. The number of amides is 2. The summed E-state index contributed by atoms with van der Waals surface area (Å²) in [5, 5.41) is 30.5. The number of carboxylic acids is 1. The monoisotopic (exact) mass is 1260 g/mol. The Labute approximate surface area is 551 Å². The van der Waals surface area contributed by atoms with Gasteiger partial charge in [-0.15, -0.1) is 5.34 Å². The van der Waals surface area contributed by atoms with Crippen LogP contribution in [0.5, 0.6) is 0 Å². The molecule has 93 heavy (non-hydrogen) atoms. The number of hydrazine groups is 2. The van der Waals surface area contributed by atoms with Crippen LogP contribution in [0.2, 0.25) is 0 Å². The fourth-order valence-electron chi connectivity index (χ4n) is 10.1. The van der Waals surface area contributed by atoms with Crippen molar-refractivity contribution in [2.45, 2.75) is 13.8 Å². The Morgan fingerprint density at radius 2 is 0.839 bits per heavy atom. The number of anilines is 1. The van der Waals surface area contributed by atoms with Gasteiger partial charge < -0.3 is 56.1 Å². The molecule has 0 spiro atoms. The van der Waals surface area contributed by atoms with Gasteiger partial charge in [0.1, 0.15) is 6.29 Å². The number of nitrogens with one attached hydrogen (secondary N) is 6. The van der Waals surface area contributed by atoms with Gasteiger partial charge in [0.05, 0.1) is 12.2 Å². The van der Waals surface area contributed by atoms with E-state index in [1.807, 2.05) is 177 Å². The maximum atomic E-state index is 11.7. The average molecular weight is 1260 g/mol. The summed E-state index contributed by atoms with van der Waals surface area (Å²) < 4.78 is 5.02. The molecule has 10 aromatic carbocycles. The van der Waals surface area contributed by atoms with Crippen LogP contribution < -0.4 is 58.2 Å². The van der Waals surface area contributed by atoms with E-state index in [1.165, 1.54) is 10.8 Å². The minimum absolute atomic E-state index is 0. The fraction of sp³-hybridized carbons (Fsp3) is 0.0441. The quantitative estimate of drug-likeness (QED) is 0.00653. The molecule has 17 N–H and O–H groups in total. The van der Waals surface area contributed by atoms with Crippen LogP contribution in [-0.4, -0.2) is 72.1 Å². The zero-order valence-electron chi connectivity index (χ0n) is 51.3.